The van der Waals surface area contributed by atoms with Crippen LogP contribution in [-0.4, -0.2) is 10.5 Å². The topological polar surface area (TPSA) is 55.0 Å². The van der Waals surface area contributed by atoms with Crippen LogP contribution in [0.5, 0.6) is 0 Å². The van der Waals surface area contributed by atoms with Crippen LogP contribution in [-0.2, 0) is 16.3 Å². The van der Waals surface area contributed by atoms with E-state index in [1.54, 1.807) is 22.8 Å². The molecular weight excluding hydrogens is 438 g/mol. The third kappa shape index (κ3) is 3.29. The Morgan fingerprint density at radius 2 is 2.04 bits per heavy atom. The van der Waals surface area contributed by atoms with Gasteiger partial charge in [-0.25, -0.2) is 0 Å². The fourth-order valence-corrected chi connectivity index (χ4v) is 3.67. The first-order valence-corrected chi connectivity index (χ1v) is 8.96. The minimum absolute atomic E-state index is 0.0216. The van der Waals surface area contributed by atoms with Gasteiger partial charge < -0.3 is 4.74 Å². The number of ether oxygens (including phenoxy) is 1. The number of rotatable bonds is 4. The van der Waals surface area contributed by atoms with Crippen molar-refractivity contribution in [2.75, 3.05) is 0 Å². The van der Waals surface area contributed by atoms with Gasteiger partial charge in [0, 0.05) is 5.56 Å². The average molecular weight is 449 g/mol. The van der Waals surface area contributed by atoms with Crippen LogP contribution in [0.4, 0.5) is 0 Å². The molecule has 0 radical (unpaired) electrons. The SMILES string of the molecule is N#Cc1c(Br)c(-c2ccc(Cl)c(Cl)c2)n(COC(=O)C2CC2)c1Cl. The zero-order valence-electron chi connectivity index (χ0n) is 12.2. The number of benzene rings is 1. The number of esters is 1. The van der Waals surface area contributed by atoms with Crippen LogP contribution < -0.4 is 0 Å². The van der Waals surface area contributed by atoms with Crippen molar-refractivity contribution in [3.8, 4) is 17.3 Å². The highest BCUT2D eigenvalue weighted by Crippen LogP contribution is 2.40. The van der Waals surface area contributed by atoms with Crippen molar-refractivity contribution in [2.45, 2.75) is 19.6 Å². The third-order valence-corrected chi connectivity index (χ3v) is 5.60. The van der Waals surface area contributed by atoms with Crippen molar-refractivity contribution in [3.05, 3.63) is 43.4 Å². The summed E-state index contributed by atoms with van der Waals surface area (Å²) in [5.74, 6) is -0.277. The summed E-state index contributed by atoms with van der Waals surface area (Å²) in [4.78, 5) is 11.8. The molecular formula is C16H10BrCl3N2O2. The molecule has 0 aliphatic heterocycles. The van der Waals surface area contributed by atoms with E-state index in [0.29, 0.717) is 25.8 Å². The number of halogens is 4. The Bertz CT molecular complexity index is 869. The zero-order chi connectivity index (χ0) is 17.4. The molecule has 0 amide bonds. The zero-order valence-corrected chi connectivity index (χ0v) is 16.0. The summed E-state index contributed by atoms with van der Waals surface area (Å²) in [6, 6.07) is 7.12. The quantitative estimate of drug-likeness (QED) is 0.567. The molecule has 0 unspecified atom stereocenters. The number of hydrogen-bond acceptors (Lipinski definition) is 3. The molecule has 1 saturated carbocycles. The number of hydrogen-bond donors (Lipinski definition) is 0. The minimum Gasteiger partial charge on any atom is -0.444 e. The van der Waals surface area contributed by atoms with Crippen molar-refractivity contribution >= 4 is 56.7 Å². The highest BCUT2D eigenvalue weighted by atomic mass is 79.9. The van der Waals surface area contributed by atoms with Crippen LogP contribution >= 0.6 is 50.7 Å². The van der Waals surface area contributed by atoms with Gasteiger partial charge in [-0.1, -0.05) is 40.9 Å². The van der Waals surface area contributed by atoms with E-state index in [0.717, 1.165) is 12.8 Å². The molecule has 24 heavy (non-hydrogen) atoms. The predicted octanol–water partition coefficient (Wildman–Crippen LogP) is 5.66. The molecule has 3 rings (SSSR count). The summed E-state index contributed by atoms with van der Waals surface area (Å²) in [5, 5.41) is 10.3. The molecule has 0 N–H and O–H groups in total. The summed E-state index contributed by atoms with van der Waals surface area (Å²) >= 11 is 21.7. The Hall–Kier alpha value is -1.19. The molecule has 124 valence electrons. The van der Waals surface area contributed by atoms with Crippen molar-refractivity contribution in [2.24, 2.45) is 5.92 Å². The molecule has 1 heterocycles. The lowest BCUT2D eigenvalue weighted by Crippen LogP contribution is -2.12. The van der Waals surface area contributed by atoms with E-state index in [9.17, 15) is 10.1 Å². The van der Waals surface area contributed by atoms with Crippen LogP contribution in [0.3, 0.4) is 0 Å². The van der Waals surface area contributed by atoms with Gasteiger partial charge in [-0.05, 0) is 40.9 Å². The average Bonchev–Trinajstić information content (AvgIpc) is 3.36. The number of carbonyl (C=O) groups excluding carboxylic acids is 1. The van der Waals surface area contributed by atoms with Gasteiger partial charge in [0.25, 0.3) is 0 Å². The Labute approximate surface area is 162 Å². The van der Waals surface area contributed by atoms with Gasteiger partial charge in [-0.2, -0.15) is 5.26 Å². The number of nitrogens with zero attached hydrogens (tertiary/aromatic N) is 2. The predicted molar refractivity (Wildman–Crippen MR) is 96.1 cm³/mol. The minimum atomic E-state index is -0.255. The van der Waals surface area contributed by atoms with Crippen LogP contribution in [0.25, 0.3) is 11.3 Å². The maximum Gasteiger partial charge on any atom is 0.310 e. The van der Waals surface area contributed by atoms with E-state index < -0.39 is 0 Å². The van der Waals surface area contributed by atoms with Gasteiger partial charge in [0.1, 0.15) is 16.8 Å². The smallest absolute Gasteiger partial charge is 0.310 e. The van der Waals surface area contributed by atoms with Gasteiger partial charge in [0.05, 0.1) is 26.1 Å². The maximum absolute atomic E-state index is 11.8. The van der Waals surface area contributed by atoms with E-state index in [2.05, 4.69) is 15.9 Å². The van der Waals surface area contributed by atoms with Crippen LogP contribution in [0, 0.1) is 17.2 Å². The first-order valence-electron chi connectivity index (χ1n) is 7.03. The van der Waals surface area contributed by atoms with Gasteiger partial charge in [-0.3, -0.25) is 9.36 Å². The molecule has 0 atom stereocenters. The molecule has 4 nitrogen and oxygen atoms in total. The second kappa shape index (κ2) is 6.97. The van der Waals surface area contributed by atoms with Gasteiger partial charge in [0.15, 0.2) is 6.73 Å². The molecule has 0 saturated heterocycles. The lowest BCUT2D eigenvalue weighted by Gasteiger charge is -2.12. The van der Waals surface area contributed by atoms with E-state index >= 15 is 0 Å². The molecule has 0 spiro atoms. The fourth-order valence-electron chi connectivity index (χ4n) is 2.27. The molecule has 1 aromatic heterocycles. The normalized spacial score (nSPS) is 13.6. The monoisotopic (exact) mass is 446 g/mol. The highest BCUT2D eigenvalue weighted by Gasteiger charge is 2.32. The van der Waals surface area contributed by atoms with Crippen LogP contribution in [0.2, 0.25) is 15.2 Å². The summed E-state index contributed by atoms with van der Waals surface area (Å²) in [7, 11) is 0. The number of nitriles is 1. The van der Waals surface area contributed by atoms with E-state index in [1.165, 1.54) is 0 Å². The number of carbonyl (C=O) groups is 1. The van der Waals surface area contributed by atoms with E-state index in [4.69, 9.17) is 39.5 Å². The Balaban J connectivity index is 2.04. The summed E-state index contributed by atoms with van der Waals surface area (Å²) < 4.78 is 7.38. The molecule has 1 aliphatic carbocycles. The Morgan fingerprint density at radius 3 is 2.62 bits per heavy atom. The summed E-state index contributed by atoms with van der Waals surface area (Å²) in [6.07, 6.45) is 1.70. The van der Waals surface area contributed by atoms with E-state index in [-0.39, 0.29) is 29.3 Å². The highest BCUT2D eigenvalue weighted by molar-refractivity contribution is 9.10. The molecule has 1 aliphatic rings. The summed E-state index contributed by atoms with van der Waals surface area (Å²) in [5.41, 5.74) is 1.56. The maximum atomic E-state index is 11.8. The van der Waals surface area contributed by atoms with Gasteiger partial charge in [-0.15, -0.1) is 0 Å². The molecule has 1 fully saturated rings. The third-order valence-electron chi connectivity index (χ3n) is 3.69. The van der Waals surface area contributed by atoms with Crippen molar-refractivity contribution < 1.29 is 9.53 Å². The Kier molecular flexibility index (Phi) is 5.12. The molecule has 8 heteroatoms. The largest absolute Gasteiger partial charge is 0.444 e. The molecule has 1 aromatic carbocycles. The second-order valence-electron chi connectivity index (χ2n) is 5.36. The first kappa shape index (κ1) is 17.6. The summed E-state index contributed by atoms with van der Waals surface area (Å²) in [6.45, 7) is -0.0793. The Morgan fingerprint density at radius 1 is 1.33 bits per heavy atom. The first-order chi connectivity index (χ1) is 11.4. The number of aromatic nitrogens is 1. The lowest BCUT2D eigenvalue weighted by atomic mass is 10.1. The van der Waals surface area contributed by atoms with E-state index in [1.807, 2.05) is 6.07 Å². The molecule has 2 aromatic rings. The second-order valence-corrected chi connectivity index (χ2v) is 7.33. The van der Waals surface area contributed by atoms with Gasteiger partial charge >= 0.3 is 5.97 Å². The van der Waals surface area contributed by atoms with Crippen molar-refractivity contribution in [3.63, 3.8) is 0 Å². The van der Waals surface area contributed by atoms with Crippen molar-refractivity contribution in [1.82, 2.24) is 4.57 Å². The van der Waals surface area contributed by atoms with Crippen LogP contribution in [0.1, 0.15) is 18.4 Å². The fraction of sp³-hybridized carbons (Fsp3) is 0.250. The molecule has 0 bridgehead atoms. The van der Waals surface area contributed by atoms with Crippen molar-refractivity contribution in [1.29, 1.82) is 5.26 Å². The van der Waals surface area contributed by atoms with Crippen LogP contribution in [0.15, 0.2) is 22.7 Å². The standard InChI is InChI=1S/C16H10BrCl3N2O2/c17-13-10(6-21)15(20)22(7-24-16(23)8-1-2-8)14(13)9-3-4-11(18)12(19)5-9/h3-5,8H,1-2,7H2. The lowest BCUT2D eigenvalue weighted by molar-refractivity contribution is -0.148. The van der Waals surface area contributed by atoms with Gasteiger partial charge in [0.2, 0.25) is 0 Å².